The average molecular weight is 390 g/mol. The van der Waals surface area contributed by atoms with E-state index in [2.05, 4.69) is 15.8 Å². The van der Waals surface area contributed by atoms with Gasteiger partial charge < -0.3 is 14.8 Å². The molecular formula is C19H20F2N4O3. The summed E-state index contributed by atoms with van der Waals surface area (Å²) in [4.78, 5) is 21.7. The van der Waals surface area contributed by atoms with Crippen LogP contribution in [0.2, 0.25) is 0 Å². The molecular weight excluding hydrogens is 370 g/mol. The highest BCUT2D eigenvalue weighted by Gasteiger charge is 2.25. The van der Waals surface area contributed by atoms with E-state index < -0.39 is 23.1 Å². The van der Waals surface area contributed by atoms with Crippen LogP contribution in [0.3, 0.4) is 0 Å². The number of aromatic nitrogens is 2. The molecule has 1 amide bonds. The van der Waals surface area contributed by atoms with E-state index in [-0.39, 0.29) is 23.5 Å². The highest BCUT2D eigenvalue weighted by Crippen LogP contribution is 2.30. The Morgan fingerprint density at radius 2 is 2.07 bits per heavy atom. The maximum atomic E-state index is 14.7. The second-order valence-corrected chi connectivity index (χ2v) is 6.97. The molecule has 0 aliphatic rings. The van der Waals surface area contributed by atoms with Crippen molar-refractivity contribution >= 4 is 22.8 Å². The van der Waals surface area contributed by atoms with Crippen molar-refractivity contribution in [3.8, 4) is 0 Å². The van der Waals surface area contributed by atoms with Gasteiger partial charge in [-0.3, -0.25) is 9.63 Å². The van der Waals surface area contributed by atoms with E-state index in [0.717, 1.165) is 11.8 Å². The van der Waals surface area contributed by atoms with E-state index in [1.54, 1.807) is 26.8 Å². The number of aliphatic hydroxyl groups excluding tert-OH is 1. The minimum absolute atomic E-state index is 0.0307. The zero-order valence-electron chi connectivity index (χ0n) is 15.6. The van der Waals surface area contributed by atoms with Gasteiger partial charge in [0.2, 0.25) is 0 Å². The molecule has 0 saturated carbocycles. The first kappa shape index (κ1) is 19.7. The van der Waals surface area contributed by atoms with Crippen LogP contribution in [-0.4, -0.2) is 32.6 Å². The number of fused-ring (bicyclic) bond motifs is 1. The Kier molecular flexibility index (Phi) is 5.30. The zero-order valence-corrected chi connectivity index (χ0v) is 15.6. The molecule has 1 aromatic carbocycles. The van der Waals surface area contributed by atoms with Gasteiger partial charge in [0.05, 0.1) is 36.0 Å². The maximum absolute atomic E-state index is 14.7. The fourth-order valence-corrected chi connectivity index (χ4v) is 2.51. The number of benzene rings is 1. The number of amides is 1. The van der Waals surface area contributed by atoms with Crippen molar-refractivity contribution in [1.82, 2.24) is 14.9 Å². The van der Waals surface area contributed by atoms with Crippen molar-refractivity contribution < 1.29 is 23.5 Å². The van der Waals surface area contributed by atoms with E-state index in [1.807, 2.05) is 0 Å². The Morgan fingerprint density at radius 3 is 2.75 bits per heavy atom. The van der Waals surface area contributed by atoms with E-state index in [0.29, 0.717) is 5.52 Å². The lowest BCUT2D eigenvalue weighted by Gasteiger charge is -2.22. The number of pyridine rings is 1. The zero-order chi connectivity index (χ0) is 20.5. The van der Waals surface area contributed by atoms with Gasteiger partial charge in [0, 0.05) is 6.20 Å². The van der Waals surface area contributed by atoms with E-state index in [9.17, 15) is 18.7 Å². The summed E-state index contributed by atoms with van der Waals surface area (Å²) >= 11 is 0. The van der Waals surface area contributed by atoms with Crippen LogP contribution in [0.1, 0.15) is 29.8 Å². The number of imidazole rings is 1. The SMILES string of the molecule is Cc1ccc(Nc2c(C(=O)NOC(C)(C)CO)c(F)cn3cncc23)c(F)c1. The molecule has 7 nitrogen and oxygen atoms in total. The molecule has 3 aromatic rings. The summed E-state index contributed by atoms with van der Waals surface area (Å²) in [6.07, 6.45) is 3.87. The van der Waals surface area contributed by atoms with Crippen molar-refractivity contribution in [2.75, 3.05) is 11.9 Å². The average Bonchev–Trinajstić information content (AvgIpc) is 3.10. The van der Waals surface area contributed by atoms with Crippen molar-refractivity contribution in [2.45, 2.75) is 26.4 Å². The number of aryl methyl sites for hydroxylation is 1. The summed E-state index contributed by atoms with van der Waals surface area (Å²) in [7, 11) is 0. The molecule has 9 heteroatoms. The first-order valence-electron chi connectivity index (χ1n) is 8.48. The second-order valence-electron chi connectivity index (χ2n) is 6.97. The summed E-state index contributed by atoms with van der Waals surface area (Å²) in [6, 6.07) is 4.50. The molecule has 3 N–H and O–H groups in total. The van der Waals surface area contributed by atoms with Crippen LogP contribution in [-0.2, 0) is 4.84 Å². The molecule has 28 heavy (non-hydrogen) atoms. The number of carbonyl (C=O) groups excluding carboxylic acids is 1. The highest BCUT2D eigenvalue weighted by atomic mass is 19.1. The van der Waals surface area contributed by atoms with Crippen molar-refractivity contribution in [1.29, 1.82) is 0 Å². The van der Waals surface area contributed by atoms with Gasteiger partial charge in [-0.2, -0.15) is 0 Å². The Hall–Kier alpha value is -3.04. The minimum atomic E-state index is -1.07. The third-order valence-corrected chi connectivity index (χ3v) is 4.08. The molecule has 0 aliphatic carbocycles. The molecule has 2 heterocycles. The predicted octanol–water partition coefficient (Wildman–Crippen LogP) is 3.10. The van der Waals surface area contributed by atoms with Crippen LogP contribution in [0.4, 0.5) is 20.2 Å². The number of halogens is 2. The Balaban J connectivity index is 2.05. The number of hydrogen-bond donors (Lipinski definition) is 3. The van der Waals surface area contributed by atoms with Gasteiger partial charge in [0.15, 0.2) is 5.82 Å². The fraction of sp³-hybridized carbons (Fsp3) is 0.263. The molecule has 0 spiro atoms. The summed E-state index contributed by atoms with van der Waals surface area (Å²) in [5, 5.41) is 12.0. The lowest BCUT2D eigenvalue weighted by molar-refractivity contribution is -0.0957. The van der Waals surface area contributed by atoms with Gasteiger partial charge in [-0.25, -0.2) is 19.2 Å². The summed E-state index contributed by atoms with van der Waals surface area (Å²) in [6.45, 7) is 4.47. The first-order valence-corrected chi connectivity index (χ1v) is 8.48. The molecule has 0 atom stereocenters. The monoisotopic (exact) mass is 390 g/mol. The molecule has 0 unspecified atom stereocenters. The number of hydroxylamine groups is 1. The van der Waals surface area contributed by atoms with Gasteiger partial charge >= 0.3 is 0 Å². The standard InChI is InChI=1S/C19H20F2N4O3/c1-11-4-5-14(12(20)6-11)23-17-15-7-22-10-25(15)8-13(21)16(17)18(27)24-28-19(2,3)9-26/h4-8,10,23,26H,9H2,1-3H3,(H,24,27). The number of aliphatic hydroxyl groups is 1. The van der Waals surface area contributed by atoms with Crippen molar-refractivity contribution in [2.24, 2.45) is 0 Å². The highest BCUT2D eigenvalue weighted by molar-refractivity contribution is 6.03. The van der Waals surface area contributed by atoms with Crippen LogP contribution < -0.4 is 10.8 Å². The quantitative estimate of drug-likeness (QED) is 0.563. The van der Waals surface area contributed by atoms with Crippen LogP contribution in [0.5, 0.6) is 0 Å². The number of carbonyl (C=O) groups is 1. The lowest BCUT2D eigenvalue weighted by atomic mass is 10.1. The lowest BCUT2D eigenvalue weighted by Crippen LogP contribution is -2.39. The van der Waals surface area contributed by atoms with Crippen LogP contribution in [0.25, 0.3) is 5.52 Å². The molecule has 148 valence electrons. The fourth-order valence-electron chi connectivity index (χ4n) is 2.51. The Bertz CT molecular complexity index is 1030. The smallest absolute Gasteiger partial charge is 0.280 e. The Morgan fingerprint density at radius 1 is 1.32 bits per heavy atom. The van der Waals surface area contributed by atoms with E-state index in [4.69, 9.17) is 4.84 Å². The number of rotatable bonds is 6. The second kappa shape index (κ2) is 7.53. The van der Waals surface area contributed by atoms with Crippen molar-refractivity contribution in [3.63, 3.8) is 0 Å². The summed E-state index contributed by atoms with van der Waals surface area (Å²) in [5.74, 6) is -2.30. The minimum Gasteiger partial charge on any atom is -0.393 e. The normalized spacial score (nSPS) is 11.6. The maximum Gasteiger partial charge on any atom is 0.280 e. The van der Waals surface area contributed by atoms with Gasteiger partial charge in [-0.1, -0.05) is 6.07 Å². The molecule has 0 radical (unpaired) electrons. The Labute approximate surface area is 159 Å². The molecule has 2 aromatic heterocycles. The summed E-state index contributed by atoms with van der Waals surface area (Å²) < 4.78 is 30.4. The topological polar surface area (TPSA) is 87.9 Å². The van der Waals surface area contributed by atoms with Crippen molar-refractivity contribution in [3.05, 3.63) is 59.7 Å². The van der Waals surface area contributed by atoms with Crippen LogP contribution in [0, 0.1) is 18.6 Å². The first-order chi connectivity index (χ1) is 13.2. The van der Waals surface area contributed by atoms with E-state index >= 15 is 0 Å². The van der Waals surface area contributed by atoms with Gasteiger partial charge in [-0.05, 0) is 38.5 Å². The largest absolute Gasteiger partial charge is 0.393 e. The number of hydrogen-bond acceptors (Lipinski definition) is 5. The predicted molar refractivity (Wildman–Crippen MR) is 99.3 cm³/mol. The number of nitrogens with one attached hydrogen (secondary N) is 2. The molecule has 0 saturated heterocycles. The third kappa shape index (κ3) is 3.95. The van der Waals surface area contributed by atoms with Gasteiger partial charge in [0.25, 0.3) is 5.91 Å². The number of nitrogens with zero attached hydrogens (tertiary/aromatic N) is 2. The van der Waals surface area contributed by atoms with Crippen LogP contribution in [0.15, 0.2) is 36.9 Å². The molecule has 0 aliphatic heterocycles. The molecule has 0 fully saturated rings. The van der Waals surface area contributed by atoms with Gasteiger partial charge in [-0.15, -0.1) is 0 Å². The van der Waals surface area contributed by atoms with E-state index in [1.165, 1.54) is 29.1 Å². The molecule has 0 bridgehead atoms. The molecule has 3 rings (SSSR count). The summed E-state index contributed by atoms with van der Waals surface area (Å²) in [5.41, 5.74) is 1.89. The van der Waals surface area contributed by atoms with Gasteiger partial charge in [0.1, 0.15) is 17.0 Å². The van der Waals surface area contributed by atoms with Crippen LogP contribution >= 0.6 is 0 Å². The number of anilines is 2. The third-order valence-electron chi connectivity index (χ3n) is 4.08.